The molecule has 0 unspecified atom stereocenters. The van der Waals surface area contributed by atoms with Crippen LogP contribution in [0.2, 0.25) is 0 Å². The van der Waals surface area contributed by atoms with Gasteiger partial charge < -0.3 is 10.0 Å². The van der Waals surface area contributed by atoms with E-state index in [1.54, 1.807) is 12.1 Å². The highest BCUT2D eigenvalue weighted by Crippen LogP contribution is 2.39. The lowest BCUT2D eigenvalue weighted by Gasteiger charge is -2.35. The number of aliphatic carboxylic acids is 1. The molecule has 3 aromatic rings. The molecule has 2 aliphatic heterocycles. The van der Waals surface area contributed by atoms with Crippen molar-refractivity contribution in [2.24, 2.45) is 11.8 Å². The standard InChI is InChI=1S/C34H43FN4O2/c1-2-39-32(20-31(36-39)25-10-4-3-5-11-25)26-14-16-37(17-15-26)21-28-22-38(33(34(40)41)18-24-8-6-9-24)23-30(28)27-12-7-13-29(35)19-27/h3-5,7,10-13,19-20,24,26,28,30,33H,2,6,8-9,14-18,21-23H2,1H3,(H,40,41)/t28-,30+,33+/m0/s1. The van der Waals surface area contributed by atoms with Crippen LogP contribution in [0.25, 0.3) is 11.3 Å². The Kier molecular flexibility index (Phi) is 8.54. The number of aromatic nitrogens is 2. The van der Waals surface area contributed by atoms with Crippen molar-refractivity contribution >= 4 is 5.97 Å². The highest BCUT2D eigenvalue weighted by molar-refractivity contribution is 5.73. The molecule has 0 bridgehead atoms. The summed E-state index contributed by atoms with van der Waals surface area (Å²) >= 11 is 0. The van der Waals surface area contributed by atoms with Crippen molar-refractivity contribution in [3.05, 3.63) is 77.7 Å². The third kappa shape index (κ3) is 6.26. The first-order chi connectivity index (χ1) is 20.0. The van der Waals surface area contributed by atoms with E-state index in [9.17, 15) is 14.3 Å². The van der Waals surface area contributed by atoms with Gasteiger partial charge in [-0.05, 0) is 74.9 Å². The second-order valence-corrected chi connectivity index (χ2v) is 12.5. The van der Waals surface area contributed by atoms with E-state index in [2.05, 4.69) is 51.7 Å². The molecule has 0 spiro atoms. The number of halogens is 1. The van der Waals surface area contributed by atoms with E-state index in [-0.39, 0.29) is 17.7 Å². The Labute approximate surface area is 243 Å². The molecule has 1 aromatic heterocycles. The van der Waals surface area contributed by atoms with Gasteiger partial charge in [0.1, 0.15) is 11.9 Å². The van der Waals surface area contributed by atoms with E-state index >= 15 is 0 Å². The first-order valence-corrected chi connectivity index (χ1v) is 15.6. The van der Waals surface area contributed by atoms with Crippen LogP contribution in [0, 0.1) is 17.7 Å². The molecule has 1 N–H and O–H groups in total. The van der Waals surface area contributed by atoms with Gasteiger partial charge in [0.25, 0.3) is 0 Å². The van der Waals surface area contributed by atoms with Crippen molar-refractivity contribution in [1.29, 1.82) is 0 Å². The highest BCUT2D eigenvalue weighted by atomic mass is 19.1. The monoisotopic (exact) mass is 558 g/mol. The molecular formula is C34H43FN4O2. The van der Waals surface area contributed by atoms with Crippen molar-refractivity contribution in [1.82, 2.24) is 19.6 Å². The minimum Gasteiger partial charge on any atom is -0.480 e. The van der Waals surface area contributed by atoms with Crippen molar-refractivity contribution in [3.8, 4) is 11.3 Å². The zero-order valence-electron chi connectivity index (χ0n) is 24.2. The molecule has 7 heteroatoms. The second-order valence-electron chi connectivity index (χ2n) is 12.5. The predicted molar refractivity (Wildman–Crippen MR) is 159 cm³/mol. The number of piperidine rings is 1. The van der Waals surface area contributed by atoms with Crippen molar-refractivity contribution < 1.29 is 14.3 Å². The summed E-state index contributed by atoms with van der Waals surface area (Å²) in [5.74, 6) is 0.505. The van der Waals surface area contributed by atoms with Gasteiger partial charge in [0.05, 0.1) is 5.69 Å². The summed E-state index contributed by atoms with van der Waals surface area (Å²) in [6.07, 6.45) is 6.41. The minimum atomic E-state index is -0.709. The van der Waals surface area contributed by atoms with Crippen LogP contribution in [-0.2, 0) is 11.3 Å². The number of carboxylic acid groups (broad SMARTS) is 1. The maximum atomic E-state index is 14.3. The van der Waals surface area contributed by atoms with Crippen LogP contribution < -0.4 is 0 Å². The summed E-state index contributed by atoms with van der Waals surface area (Å²) in [5, 5.41) is 15.1. The first-order valence-electron chi connectivity index (χ1n) is 15.6. The molecule has 2 saturated heterocycles. The van der Waals surface area contributed by atoms with Crippen molar-refractivity contribution in [3.63, 3.8) is 0 Å². The van der Waals surface area contributed by atoms with Gasteiger partial charge in [-0.1, -0.05) is 61.7 Å². The van der Waals surface area contributed by atoms with E-state index in [4.69, 9.17) is 5.10 Å². The zero-order chi connectivity index (χ0) is 28.3. The Morgan fingerprint density at radius 1 is 1.02 bits per heavy atom. The average molecular weight is 559 g/mol. The van der Waals surface area contributed by atoms with Crippen LogP contribution in [-0.4, -0.2) is 69.4 Å². The van der Waals surface area contributed by atoms with Gasteiger partial charge in [0.2, 0.25) is 0 Å². The maximum Gasteiger partial charge on any atom is 0.320 e. The smallest absolute Gasteiger partial charge is 0.320 e. The zero-order valence-corrected chi connectivity index (χ0v) is 24.2. The Morgan fingerprint density at radius 3 is 2.46 bits per heavy atom. The van der Waals surface area contributed by atoms with Crippen LogP contribution in [0.15, 0.2) is 60.7 Å². The molecule has 1 saturated carbocycles. The first kappa shape index (κ1) is 28.1. The summed E-state index contributed by atoms with van der Waals surface area (Å²) in [4.78, 5) is 17.1. The van der Waals surface area contributed by atoms with Gasteiger partial charge in [-0.15, -0.1) is 0 Å². The largest absolute Gasteiger partial charge is 0.480 e. The number of nitrogens with zero attached hydrogens (tertiary/aromatic N) is 4. The normalized spacial score (nSPS) is 23.5. The quantitative estimate of drug-likeness (QED) is 0.319. The van der Waals surface area contributed by atoms with E-state index in [0.717, 1.165) is 81.6 Å². The van der Waals surface area contributed by atoms with Crippen LogP contribution in [0.3, 0.4) is 0 Å². The molecule has 2 aromatic carbocycles. The van der Waals surface area contributed by atoms with Crippen LogP contribution in [0.1, 0.15) is 68.5 Å². The van der Waals surface area contributed by atoms with Crippen molar-refractivity contribution in [2.45, 2.75) is 69.9 Å². The summed E-state index contributed by atoms with van der Waals surface area (Å²) in [5.41, 5.74) is 4.53. The van der Waals surface area contributed by atoms with Gasteiger partial charge in [-0.2, -0.15) is 5.10 Å². The van der Waals surface area contributed by atoms with Gasteiger partial charge >= 0.3 is 5.97 Å². The van der Waals surface area contributed by atoms with Crippen LogP contribution in [0.4, 0.5) is 4.39 Å². The van der Waals surface area contributed by atoms with E-state index in [1.165, 1.54) is 18.2 Å². The van der Waals surface area contributed by atoms with Gasteiger partial charge in [0, 0.05) is 49.3 Å². The third-order valence-electron chi connectivity index (χ3n) is 9.93. The highest BCUT2D eigenvalue weighted by Gasteiger charge is 2.41. The summed E-state index contributed by atoms with van der Waals surface area (Å²) < 4.78 is 16.4. The Morgan fingerprint density at radius 2 is 1.80 bits per heavy atom. The minimum absolute atomic E-state index is 0.140. The molecule has 0 radical (unpaired) electrons. The molecular weight excluding hydrogens is 515 g/mol. The van der Waals surface area contributed by atoms with E-state index in [1.807, 2.05) is 12.1 Å². The maximum absolute atomic E-state index is 14.3. The molecule has 0 amide bonds. The lowest BCUT2D eigenvalue weighted by Crippen LogP contribution is -2.43. The van der Waals surface area contributed by atoms with Crippen molar-refractivity contribution in [2.75, 3.05) is 32.7 Å². The Bertz CT molecular complexity index is 1320. The topological polar surface area (TPSA) is 61.6 Å². The summed E-state index contributed by atoms with van der Waals surface area (Å²) in [6, 6.07) is 19.2. The fourth-order valence-corrected chi connectivity index (χ4v) is 7.42. The fraction of sp³-hybridized carbons (Fsp3) is 0.529. The van der Waals surface area contributed by atoms with E-state index < -0.39 is 12.0 Å². The molecule has 3 heterocycles. The molecule has 218 valence electrons. The molecule has 3 atom stereocenters. The number of rotatable bonds is 10. The average Bonchev–Trinajstić information content (AvgIpc) is 3.58. The van der Waals surface area contributed by atoms with Gasteiger partial charge in [0.15, 0.2) is 0 Å². The molecule has 3 fully saturated rings. The number of benzene rings is 2. The van der Waals surface area contributed by atoms with Crippen LogP contribution >= 0.6 is 0 Å². The SMILES string of the molecule is CCn1nc(-c2ccccc2)cc1C1CCN(C[C@H]2CN([C@H](CC3CCC3)C(=O)O)C[C@@H]2c2cccc(F)c2)CC1. The number of likely N-dealkylation sites (tertiary alicyclic amines) is 2. The Balaban J connectivity index is 1.14. The fourth-order valence-electron chi connectivity index (χ4n) is 7.42. The van der Waals surface area contributed by atoms with Gasteiger partial charge in [-0.25, -0.2) is 4.39 Å². The second kappa shape index (κ2) is 12.5. The summed E-state index contributed by atoms with van der Waals surface area (Å²) in [6.45, 7) is 7.41. The molecule has 3 aliphatic rings. The number of carboxylic acids is 1. The third-order valence-corrected chi connectivity index (χ3v) is 9.93. The number of hydrogen-bond donors (Lipinski definition) is 1. The van der Waals surface area contributed by atoms with Gasteiger partial charge in [-0.3, -0.25) is 14.4 Å². The van der Waals surface area contributed by atoms with E-state index in [0.29, 0.717) is 18.4 Å². The molecule has 1 aliphatic carbocycles. The lowest BCUT2D eigenvalue weighted by molar-refractivity contribution is -0.144. The van der Waals surface area contributed by atoms with Crippen LogP contribution in [0.5, 0.6) is 0 Å². The molecule has 6 nitrogen and oxygen atoms in total. The molecule has 6 rings (SSSR count). The number of carbonyl (C=O) groups is 1. The molecule has 41 heavy (non-hydrogen) atoms. The number of aryl methyl sites for hydroxylation is 1. The predicted octanol–water partition coefficient (Wildman–Crippen LogP) is 6.25. The number of hydrogen-bond acceptors (Lipinski definition) is 4. The summed E-state index contributed by atoms with van der Waals surface area (Å²) in [7, 11) is 0. The lowest BCUT2D eigenvalue weighted by atomic mass is 9.80. The Hall–Kier alpha value is -3.03.